The van der Waals surface area contributed by atoms with Gasteiger partial charge in [0.15, 0.2) is 6.61 Å². The van der Waals surface area contributed by atoms with Crippen molar-refractivity contribution < 1.29 is 32.6 Å². The monoisotopic (exact) mass is 374 g/mol. The van der Waals surface area contributed by atoms with Crippen LogP contribution in [0.5, 0.6) is 5.75 Å². The third-order valence-corrected chi connectivity index (χ3v) is 4.11. The first kappa shape index (κ1) is 19.9. The zero-order valence-corrected chi connectivity index (χ0v) is 14.5. The summed E-state index contributed by atoms with van der Waals surface area (Å²) in [5, 5.41) is 11.8. The Balaban J connectivity index is 2.00. The molecule has 1 heterocycles. The number of hydrogen-bond donors (Lipinski definition) is 2. The van der Waals surface area contributed by atoms with Gasteiger partial charge in [-0.05, 0) is 43.0 Å². The van der Waals surface area contributed by atoms with Crippen molar-refractivity contribution in [1.82, 2.24) is 4.90 Å². The fourth-order valence-corrected chi connectivity index (χ4v) is 2.95. The van der Waals surface area contributed by atoms with Crippen LogP contribution in [0.15, 0.2) is 18.2 Å². The highest BCUT2D eigenvalue weighted by atomic mass is 19.4. The Morgan fingerprint density at radius 1 is 1.35 bits per heavy atom. The minimum Gasteiger partial charge on any atom is -0.484 e. The lowest BCUT2D eigenvalue weighted by Gasteiger charge is -2.34. The van der Waals surface area contributed by atoms with Gasteiger partial charge in [0.25, 0.3) is 0 Å². The summed E-state index contributed by atoms with van der Waals surface area (Å²) in [5.41, 5.74) is 0.847. The summed E-state index contributed by atoms with van der Waals surface area (Å²) >= 11 is 0. The molecule has 6 nitrogen and oxygen atoms in total. The van der Waals surface area contributed by atoms with Crippen LogP contribution in [0.1, 0.15) is 18.9 Å². The number of carbonyl (C=O) groups excluding carboxylic acids is 1. The van der Waals surface area contributed by atoms with E-state index in [-0.39, 0.29) is 18.2 Å². The predicted octanol–water partition coefficient (Wildman–Crippen LogP) is 3.51. The van der Waals surface area contributed by atoms with E-state index in [0.717, 1.165) is 0 Å². The molecular formula is C17H21F3N2O4. The number of carboxylic acid groups (broad SMARTS) is 1. The minimum absolute atomic E-state index is 0.0653. The molecule has 1 aromatic rings. The second kappa shape index (κ2) is 7.84. The van der Waals surface area contributed by atoms with E-state index in [1.54, 1.807) is 6.92 Å². The summed E-state index contributed by atoms with van der Waals surface area (Å²) < 4.78 is 41.4. The maximum absolute atomic E-state index is 12.4. The first-order chi connectivity index (χ1) is 12.0. The number of alkyl halides is 3. The number of hydrogen-bond acceptors (Lipinski definition) is 3. The number of benzene rings is 1. The van der Waals surface area contributed by atoms with Crippen molar-refractivity contribution in [3.63, 3.8) is 0 Å². The molecule has 0 radical (unpaired) electrons. The molecule has 9 heteroatoms. The van der Waals surface area contributed by atoms with Gasteiger partial charge in [-0.1, -0.05) is 6.92 Å². The van der Waals surface area contributed by atoms with Crippen molar-refractivity contribution in [1.29, 1.82) is 0 Å². The van der Waals surface area contributed by atoms with Crippen LogP contribution in [0.25, 0.3) is 0 Å². The molecule has 1 fully saturated rings. The topological polar surface area (TPSA) is 78.9 Å². The number of urea groups is 1. The van der Waals surface area contributed by atoms with E-state index in [0.29, 0.717) is 24.2 Å². The SMILES string of the molecule is Cc1cc(NC(=O)N2CC(C)CC(C(=O)O)C2)ccc1OCC(F)(F)F. The third-order valence-electron chi connectivity index (χ3n) is 4.11. The van der Waals surface area contributed by atoms with Crippen LogP contribution in [0, 0.1) is 18.8 Å². The summed E-state index contributed by atoms with van der Waals surface area (Å²) in [6, 6.07) is 3.87. The van der Waals surface area contributed by atoms with Gasteiger partial charge < -0.3 is 20.1 Å². The van der Waals surface area contributed by atoms with Gasteiger partial charge in [0, 0.05) is 18.8 Å². The van der Waals surface area contributed by atoms with Crippen molar-refractivity contribution in [2.75, 3.05) is 25.0 Å². The second-order valence-electron chi connectivity index (χ2n) is 6.60. The van der Waals surface area contributed by atoms with E-state index in [1.807, 2.05) is 6.92 Å². The molecule has 0 aliphatic carbocycles. The molecular weight excluding hydrogens is 353 g/mol. The number of nitrogens with zero attached hydrogens (tertiary/aromatic N) is 1. The molecule has 0 aromatic heterocycles. The number of amides is 2. The number of anilines is 1. The van der Waals surface area contributed by atoms with Crippen LogP contribution in [-0.4, -0.2) is 47.9 Å². The Morgan fingerprint density at radius 3 is 2.62 bits per heavy atom. The molecule has 1 aliphatic rings. The molecule has 0 bridgehead atoms. The van der Waals surface area contributed by atoms with Crippen molar-refractivity contribution in [3.8, 4) is 5.75 Å². The maximum Gasteiger partial charge on any atom is 0.422 e. The van der Waals surface area contributed by atoms with E-state index in [9.17, 15) is 22.8 Å². The molecule has 2 rings (SSSR count). The molecule has 144 valence electrons. The molecule has 2 amide bonds. The van der Waals surface area contributed by atoms with Gasteiger partial charge in [-0.25, -0.2) is 4.79 Å². The highest BCUT2D eigenvalue weighted by molar-refractivity contribution is 5.90. The number of aliphatic carboxylic acids is 1. The Morgan fingerprint density at radius 2 is 2.04 bits per heavy atom. The summed E-state index contributed by atoms with van der Waals surface area (Å²) in [4.78, 5) is 25.0. The zero-order chi connectivity index (χ0) is 19.5. The van der Waals surface area contributed by atoms with Crippen molar-refractivity contribution in [3.05, 3.63) is 23.8 Å². The second-order valence-corrected chi connectivity index (χ2v) is 6.60. The Kier molecular flexibility index (Phi) is 5.99. The van der Waals surface area contributed by atoms with Crippen molar-refractivity contribution in [2.45, 2.75) is 26.4 Å². The number of carbonyl (C=O) groups is 2. The van der Waals surface area contributed by atoms with Crippen molar-refractivity contribution >= 4 is 17.7 Å². The molecule has 0 spiro atoms. The van der Waals surface area contributed by atoms with E-state index in [2.05, 4.69) is 5.32 Å². The average Bonchev–Trinajstić information content (AvgIpc) is 2.52. The van der Waals surface area contributed by atoms with Gasteiger partial charge in [0.1, 0.15) is 5.75 Å². The molecule has 0 saturated carbocycles. The molecule has 2 N–H and O–H groups in total. The van der Waals surface area contributed by atoms with Crippen LogP contribution < -0.4 is 10.1 Å². The summed E-state index contributed by atoms with van der Waals surface area (Å²) in [6.07, 6.45) is -3.91. The smallest absolute Gasteiger partial charge is 0.422 e. The number of piperidine rings is 1. The fourth-order valence-electron chi connectivity index (χ4n) is 2.95. The number of carboxylic acids is 1. The van der Waals surface area contributed by atoms with Gasteiger partial charge in [-0.15, -0.1) is 0 Å². The maximum atomic E-state index is 12.4. The molecule has 2 unspecified atom stereocenters. The molecule has 2 atom stereocenters. The predicted molar refractivity (Wildman–Crippen MR) is 88.2 cm³/mol. The normalized spacial score (nSPS) is 20.6. The standard InChI is InChI=1S/C17H21F3N2O4/c1-10-5-12(15(23)24)8-22(7-10)16(25)21-13-3-4-14(11(2)6-13)26-9-17(18,19)20/h3-4,6,10,12H,5,7-9H2,1-2H3,(H,21,25)(H,23,24). The summed E-state index contributed by atoms with van der Waals surface area (Å²) in [5.74, 6) is -1.39. The van der Waals surface area contributed by atoms with Crippen LogP contribution >= 0.6 is 0 Å². The first-order valence-corrected chi connectivity index (χ1v) is 8.14. The van der Waals surface area contributed by atoms with Gasteiger partial charge in [0.2, 0.25) is 0 Å². The average molecular weight is 374 g/mol. The van der Waals surface area contributed by atoms with Crippen molar-refractivity contribution in [2.24, 2.45) is 11.8 Å². The fraction of sp³-hybridized carbons (Fsp3) is 0.529. The number of likely N-dealkylation sites (tertiary alicyclic amines) is 1. The van der Waals surface area contributed by atoms with Gasteiger partial charge in [-0.2, -0.15) is 13.2 Å². The number of ether oxygens (including phenoxy) is 1. The zero-order valence-electron chi connectivity index (χ0n) is 14.5. The van der Waals surface area contributed by atoms with E-state index < -0.39 is 30.7 Å². The van der Waals surface area contributed by atoms with E-state index in [1.165, 1.54) is 23.1 Å². The van der Waals surface area contributed by atoms with E-state index >= 15 is 0 Å². The number of nitrogens with one attached hydrogen (secondary N) is 1. The van der Waals surface area contributed by atoms with Crippen LogP contribution in [0.4, 0.5) is 23.7 Å². The Hall–Kier alpha value is -2.45. The van der Waals surface area contributed by atoms with Gasteiger partial charge >= 0.3 is 18.2 Å². The molecule has 1 saturated heterocycles. The quantitative estimate of drug-likeness (QED) is 0.845. The summed E-state index contributed by atoms with van der Waals surface area (Å²) in [7, 11) is 0. The number of rotatable bonds is 4. The highest BCUT2D eigenvalue weighted by Gasteiger charge is 2.32. The molecule has 1 aromatic carbocycles. The van der Waals surface area contributed by atoms with Crippen LogP contribution in [0.3, 0.4) is 0 Å². The first-order valence-electron chi connectivity index (χ1n) is 8.14. The lowest BCUT2D eigenvalue weighted by molar-refractivity contribution is -0.153. The third kappa shape index (κ3) is 5.53. The largest absolute Gasteiger partial charge is 0.484 e. The molecule has 26 heavy (non-hydrogen) atoms. The van der Waals surface area contributed by atoms with Gasteiger partial charge in [0.05, 0.1) is 5.92 Å². The minimum atomic E-state index is -4.43. The van der Waals surface area contributed by atoms with Crippen LogP contribution in [0.2, 0.25) is 0 Å². The molecule has 1 aliphatic heterocycles. The number of halogens is 3. The van der Waals surface area contributed by atoms with E-state index in [4.69, 9.17) is 9.84 Å². The van der Waals surface area contributed by atoms with Crippen LogP contribution in [-0.2, 0) is 4.79 Å². The Labute approximate surface area is 148 Å². The van der Waals surface area contributed by atoms with Gasteiger partial charge in [-0.3, -0.25) is 4.79 Å². The highest BCUT2D eigenvalue weighted by Crippen LogP contribution is 2.26. The lowest BCUT2D eigenvalue weighted by Crippen LogP contribution is -2.47. The number of aryl methyl sites for hydroxylation is 1. The Bertz CT molecular complexity index is 678. The lowest BCUT2D eigenvalue weighted by atomic mass is 9.91. The summed E-state index contributed by atoms with van der Waals surface area (Å²) in [6.45, 7) is 2.64.